The van der Waals surface area contributed by atoms with Crippen molar-refractivity contribution in [2.24, 2.45) is 0 Å². The van der Waals surface area contributed by atoms with Crippen LogP contribution in [0.5, 0.6) is 0 Å². The lowest BCUT2D eigenvalue weighted by Gasteiger charge is -2.15. The Bertz CT molecular complexity index is 706. The fourth-order valence-corrected chi connectivity index (χ4v) is 3.26. The number of rotatable bonds is 5. The molecule has 2 aromatic rings. The number of hydrogen-bond donors (Lipinski definition) is 2. The Hall–Kier alpha value is -2.36. The summed E-state index contributed by atoms with van der Waals surface area (Å²) in [4.78, 5) is 16.8. The number of carbonyl (C=O) groups is 1. The van der Waals surface area contributed by atoms with Gasteiger partial charge in [0.15, 0.2) is 0 Å². The van der Waals surface area contributed by atoms with Crippen molar-refractivity contribution in [3.63, 3.8) is 0 Å². The smallest absolute Gasteiger partial charge is 0.257 e. The molecule has 0 saturated heterocycles. The zero-order valence-electron chi connectivity index (χ0n) is 14.4. The first-order chi connectivity index (χ1) is 11.6. The van der Waals surface area contributed by atoms with Gasteiger partial charge in [-0.2, -0.15) is 0 Å². The van der Waals surface area contributed by atoms with E-state index in [4.69, 9.17) is 0 Å². The lowest BCUT2D eigenvalue weighted by molar-refractivity contribution is 0.102. The topological polar surface area (TPSA) is 54.0 Å². The van der Waals surface area contributed by atoms with Gasteiger partial charge in [0, 0.05) is 24.1 Å². The molecule has 0 radical (unpaired) electrons. The fourth-order valence-electron chi connectivity index (χ4n) is 3.26. The van der Waals surface area contributed by atoms with E-state index < -0.39 is 0 Å². The Morgan fingerprint density at radius 3 is 2.67 bits per heavy atom. The molecule has 1 heterocycles. The Labute approximate surface area is 143 Å². The van der Waals surface area contributed by atoms with Gasteiger partial charge in [-0.1, -0.05) is 44.9 Å². The number of carbonyl (C=O) groups excluding carboxylic acids is 1. The summed E-state index contributed by atoms with van der Waals surface area (Å²) in [6.45, 7) is 4.25. The van der Waals surface area contributed by atoms with Gasteiger partial charge >= 0.3 is 0 Å². The van der Waals surface area contributed by atoms with Crippen molar-refractivity contribution in [1.82, 2.24) is 4.98 Å². The molecule has 0 bridgehead atoms. The zero-order valence-corrected chi connectivity index (χ0v) is 14.4. The second-order valence-electron chi connectivity index (χ2n) is 6.78. The van der Waals surface area contributed by atoms with Gasteiger partial charge in [0.1, 0.15) is 0 Å². The quantitative estimate of drug-likeness (QED) is 0.830. The van der Waals surface area contributed by atoms with Crippen LogP contribution >= 0.6 is 0 Å². The van der Waals surface area contributed by atoms with Crippen LogP contribution in [0.2, 0.25) is 0 Å². The van der Waals surface area contributed by atoms with Crippen molar-refractivity contribution in [2.75, 3.05) is 10.6 Å². The summed E-state index contributed by atoms with van der Waals surface area (Å²) in [6, 6.07) is 10.3. The molecule has 126 valence electrons. The van der Waals surface area contributed by atoms with Crippen molar-refractivity contribution in [3.05, 3.63) is 53.9 Å². The van der Waals surface area contributed by atoms with E-state index in [1.165, 1.54) is 25.7 Å². The Kier molecular flexibility index (Phi) is 5.14. The van der Waals surface area contributed by atoms with E-state index in [2.05, 4.69) is 35.5 Å². The average Bonchev–Trinajstić information content (AvgIpc) is 3.08. The monoisotopic (exact) mass is 323 g/mol. The van der Waals surface area contributed by atoms with Gasteiger partial charge in [0.05, 0.1) is 11.3 Å². The summed E-state index contributed by atoms with van der Waals surface area (Å²) in [5.74, 6) is 0.237. The minimum atomic E-state index is -0.120. The van der Waals surface area contributed by atoms with Gasteiger partial charge in [-0.15, -0.1) is 0 Å². The first kappa shape index (κ1) is 16.5. The number of nitrogens with zero attached hydrogens (tertiary/aromatic N) is 1. The molecule has 1 amide bonds. The molecular formula is C20H25N3O. The van der Waals surface area contributed by atoms with E-state index in [-0.39, 0.29) is 5.91 Å². The van der Waals surface area contributed by atoms with Gasteiger partial charge in [0.2, 0.25) is 0 Å². The summed E-state index contributed by atoms with van der Waals surface area (Å²) in [7, 11) is 0. The summed E-state index contributed by atoms with van der Waals surface area (Å²) < 4.78 is 0. The summed E-state index contributed by atoms with van der Waals surface area (Å²) in [5.41, 5.74) is 3.51. The van der Waals surface area contributed by atoms with Gasteiger partial charge in [-0.05, 0) is 36.5 Å². The predicted octanol–water partition coefficient (Wildman–Crippen LogP) is 4.81. The van der Waals surface area contributed by atoms with Crippen LogP contribution in [0.4, 0.5) is 11.4 Å². The maximum absolute atomic E-state index is 12.6. The molecule has 0 spiro atoms. The first-order valence-electron chi connectivity index (χ1n) is 8.75. The van der Waals surface area contributed by atoms with Crippen molar-refractivity contribution >= 4 is 17.3 Å². The lowest BCUT2D eigenvalue weighted by Crippen LogP contribution is -2.17. The molecule has 1 aliphatic carbocycles. The van der Waals surface area contributed by atoms with Crippen LogP contribution in [-0.2, 0) is 0 Å². The number of benzene rings is 1. The zero-order chi connectivity index (χ0) is 16.9. The molecule has 1 saturated carbocycles. The molecule has 2 N–H and O–H groups in total. The van der Waals surface area contributed by atoms with Crippen LogP contribution in [0.15, 0.2) is 42.7 Å². The van der Waals surface area contributed by atoms with Crippen LogP contribution in [-0.4, -0.2) is 16.9 Å². The fraction of sp³-hybridized carbons (Fsp3) is 0.400. The maximum atomic E-state index is 12.6. The predicted molar refractivity (Wildman–Crippen MR) is 98.6 cm³/mol. The second-order valence-corrected chi connectivity index (χ2v) is 6.78. The number of pyridine rings is 1. The number of hydrogen-bond acceptors (Lipinski definition) is 3. The standard InChI is InChI=1S/C20H25N3O/c1-14(2)18-9-5-6-10-19(18)23-20(24)15-11-17(13-21-12-15)22-16-7-3-4-8-16/h5-6,9-14,16,22H,3-4,7-8H2,1-2H3,(H,23,24). The number of amides is 1. The van der Waals surface area contributed by atoms with Crippen LogP contribution in [0.1, 0.15) is 61.4 Å². The molecule has 0 unspecified atom stereocenters. The van der Waals surface area contributed by atoms with E-state index in [0.717, 1.165) is 16.9 Å². The summed E-state index contributed by atoms with van der Waals surface area (Å²) >= 11 is 0. The van der Waals surface area contributed by atoms with Gasteiger partial charge < -0.3 is 10.6 Å². The number of para-hydroxylation sites is 1. The van der Waals surface area contributed by atoms with E-state index in [9.17, 15) is 4.79 Å². The maximum Gasteiger partial charge on any atom is 0.257 e. The molecule has 1 aliphatic rings. The highest BCUT2D eigenvalue weighted by atomic mass is 16.1. The molecule has 4 nitrogen and oxygen atoms in total. The molecule has 4 heteroatoms. The van der Waals surface area contributed by atoms with Crippen LogP contribution in [0, 0.1) is 0 Å². The molecule has 0 aliphatic heterocycles. The van der Waals surface area contributed by atoms with Gasteiger partial charge in [-0.25, -0.2) is 0 Å². The largest absolute Gasteiger partial charge is 0.381 e. The SMILES string of the molecule is CC(C)c1ccccc1NC(=O)c1cncc(NC2CCCC2)c1. The van der Waals surface area contributed by atoms with E-state index in [1.54, 1.807) is 12.4 Å². The summed E-state index contributed by atoms with van der Waals surface area (Å²) in [5, 5.41) is 6.51. The Morgan fingerprint density at radius 1 is 1.17 bits per heavy atom. The highest BCUT2D eigenvalue weighted by molar-refractivity contribution is 6.05. The van der Waals surface area contributed by atoms with Gasteiger partial charge in [0.25, 0.3) is 5.91 Å². The van der Waals surface area contributed by atoms with E-state index in [1.807, 2.05) is 24.3 Å². The minimum absolute atomic E-state index is 0.120. The first-order valence-corrected chi connectivity index (χ1v) is 8.75. The molecular weight excluding hydrogens is 298 g/mol. The minimum Gasteiger partial charge on any atom is -0.381 e. The summed E-state index contributed by atoms with van der Waals surface area (Å²) in [6.07, 6.45) is 8.34. The van der Waals surface area contributed by atoms with E-state index in [0.29, 0.717) is 17.5 Å². The van der Waals surface area contributed by atoms with Crippen molar-refractivity contribution in [2.45, 2.75) is 51.5 Å². The van der Waals surface area contributed by atoms with E-state index >= 15 is 0 Å². The highest BCUT2D eigenvalue weighted by Gasteiger charge is 2.16. The van der Waals surface area contributed by atoms with Crippen molar-refractivity contribution in [1.29, 1.82) is 0 Å². The number of nitrogens with one attached hydrogen (secondary N) is 2. The molecule has 1 aromatic heterocycles. The van der Waals surface area contributed by atoms with Crippen LogP contribution in [0.3, 0.4) is 0 Å². The van der Waals surface area contributed by atoms with Crippen LogP contribution < -0.4 is 10.6 Å². The highest BCUT2D eigenvalue weighted by Crippen LogP contribution is 2.25. The average molecular weight is 323 g/mol. The molecule has 1 aromatic carbocycles. The molecule has 1 fully saturated rings. The third-order valence-electron chi connectivity index (χ3n) is 4.56. The third-order valence-corrected chi connectivity index (χ3v) is 4.56. The van der Waals surface area contributed by atoms with Crippen molar-refractivity contribution in [3.8, 4) is 0 Å². The number of anilines is 2. The normalized spacial score (nSPS) is 14.8. The Balaban J connectivity index is 1.73. The third kappa shape index (κ3) is 3.94. The molecule has 0 atom stereocenters. The van der Waals surface area contributed by atoms with Crippen LogP contribution in [0.25, 0.3) is 0 Å². The Morgan fingerprint density at radius 2 is 1.92 bits per heavy atom. The molecule has 24 heavy (non-hydrogen) atoms. The second kappa shape index (κ2) is 7.47. The van der Waals surface area contributed by atoms with Gasteiger partial charge in [-0.3, -0.25) is 9.78 Å². The number of aromatic nitrogens is 1. The molecule has 3 rings (SSSR count). The van der Waals surface area contributed by atoms with Crippen molar-refractivity contribution < 1.29 is 4.79 Å². The lowest BCUT2D eigenvalue weighted by atomic mass is 10.0.